The molecule has 1 aromatic heterocycles. The largest absolute Gasteiger partial charge is 0.497 e. The van der Waals surface area contributed by atoms with E-state index in [0.717, 1.165) is 28.9 Å². The van der Waals surface area contributed by atoms with Crippen molar-refractivity contribution in [1.29, 1.82) is 0 Å². The lowest BCUT2D eigenvalue weighted by Crippen LogP contribution is -2.30. The molecule has 2 aromatic carbocycles. The predicted molar refractivity (Wildman–Crippen MR) is 103 cm³/mol. The van der Waals surface area contributed by atoms with E-state index in [0.29, 0.717) is 23.6 Å². The second kappa shape index (κ2) is 6.79. The van der Waals surface area contributed by atoms with Crippen molar-refractivity contribution < 1.29 is 14.3 Å². The fourth-order valence-corrected chi connectivity index (χ4v) is 3.50. The number of benzene rings is 2. The number of anilines is 1. The molecule has 27 heavy (non-hydrogen) atoms. The van der Waals surface area contributed by atoms with Gasteiger partial charge in [0.15, 0.2) is 0 Å². The van der Waals surface area contributed by atoms with Gasteiger partial charge in [0.2, 0.25) is 0 Å². The molecule has 3 aromatic rings. The standard InChI is InChI=1S/C21H21N3O3/c1-23-20-10-14-6-4-5-7-19(14)24(13-16(20)12-22-23)21(25)15-8-17(26-2)11-18(9-15)27-3/h4-9,11-12H,10,13H2,1-3H3. The number of para-hydroxylation sites is 1. The van der Waals surface area contributed by atoms with Crippen molar-refractivity contribution >= 4 is 11.6 Å². The molecule has 0 N–H and O–H groups in total. The van der Waals surface area contributed by atoms with E-state index >= 15 is 0 Å². The third-order valence-electron chi connectivity index (χ3n) is 4.96. The van der Waals surface area contributed by atoms with Gasteiger partial charge in [0.25, 0.3) is 5.91 Å². The number of hydrogen-bond acceptors (Lipinski definition) is 4. The quantitative estimate of drug-likeness (QED) is 0.717. The maximum Gasteiger partial charge on any atom is 0.258 e. The minimum Gasteiger partial charge on any atom is -0.497 e. The zero-order valence-corrected chi connectivity index (χ0v) is 15.6. The van der Waals surface area contributed by atoms with Crippen LogP contribution in [0.3, 0.4) is 0 Å². The summed E-state index contributed by atoms with van der Waals surface area (Å²) in [7, 11) is 5.09. The van der Waals surface area contributed by atoms with Crippen molar-refractivity contribution in [2.45, 2.75) is 13.0 Å². The molecule has 1 aliphatic heterocycles. The van der Waals surface area contributed by atoms with E-state index in [9.17, 15) is 4.79 Å². The summed E-state index contributed by atoms with van der Waals surface area (Å²) in [5.41, 5.74) is 4.72. The molecule has 1 amide bonds. The summed E-state index contributed by atoms with van der Waals surface area (Å²) in [4.78, 5) is 15.3. The number of amides is 1. The van der Waals surface area contributed by atoms with Crippen LogP contribution >= 0.6 is 0 Å². The van der Waals surface area contributed by atoms with E-state index in [-0.39, 0.29) is 5.91 Å². The summed E-state index contributed by atoms with van der Waals surface area (Å²) in [5, 5.41) is 4.37. The van der Waals surface area contributed by atoms with Gasteiger partial charge in [-0.15, -0.1) is 0 Å². The Kier molecular flexibility index (Phi) is 4.32. The highest BCUT2D eigenvalue weighted by molar-refractivity contribution is 6.07. The van der Waals surface area contributed by atoms with Crippen molar-refractivity contribution in [2.75, 3.05) is 19.1 Å². The van der Waals surface area contributed by atoms with Crippen LogP contribution in [0.1, 0.15) is 27.2 Å². The summed E-state index contributed by atoms with van der Waals surface area (Å²) >= 11 is 0. The number of carbonyl (C=O) groups excluding carboxylic acids is 1. The normalized spacial score (nSPS) is 12.8. The van der Waals surface area contributed by atoms with Crippen LogP contribution in [-0.2, 0) is 20.0 Å². The predicted octanol–water partition coefficient (Wildman–Crippen LogP) is 3.19. The van der Waals surface area contributed by atoms with Crippen molar-refractivity contribution in [3.05, 3.63) is 71.0 Å². The first kappa shape index (κ1) is 17.1. The van der Waals surface area contributed by atoms with Crippen molar-refractivity contribution in [3.8, 4) is 11.5 Å². The van der Waals surface area contributed by atoms with Gasteiger partial charge >= 0.3 is 0 Å². The smallest absolute Gasteiger partial charge is 0.258 e. The molecule has 4 rings (SSSR count). The molecule has 0 fully saturated rings. The lowest BCUT2D eigenvalue weighted by molar-refractivity contribution is 0.0984. The lowest BCUT2D eigenvalue weighted by atomic mass is 10.1. The number of hydrogen-bond donors (Lipinski definition) is 0. The average Bonchev–Trinajstić information content (AvgIpc) is 2.95. The third kappa shape index (κ3) is 3.03. The first-order chi connectivity index (χ1) is 13.1. The molecule has 0 saturated heterocycles. The van der Waals surface area contributed by atoms with E-state index in [4.69, 9.17) is 9.47 Å². The Morgan fingerprint density at radius 3 is 2.44 bits per heavy atom. The van der Waals surface area contributed by atoms with Crippen LogP contribution in [0.15, 0.2) is 48.7 Å². The maximum atomic E-state index is 13.5. The van der Waals surface area contributed by atoms with Crippen LogP contribution in [0, 0.1) is 0 Å². The highest BCUT2D eigenvalue weighted by Crippen LogP contribution is 2.32. The summed E-state index contributed by atoms with van der Waals surface area (Å²) in [6.07, 6.45) is 2.58. The molecule has 0 aliphatic carbocycles. The van der Waals surface area contributed by atoms with Crippen LogP contribution in [-0.4, -0.2) is 29.9 Å². The monoisotopic (exact) mass is 363 g/mol. The van der Waals surface area contributed by atoms with Gasteiger partial charge in [-0.3, -0.25) is 9.48 Å². The van der Waals surface area contributed by atoms with Crippen molar-refractivity contribution in [1.82, 2.24) is 9.78 Å². The summed E-state index contributed by atoms with van der Waals surface area (Å²) in [6.45, 7) is 0.471. The van der Waals surface area contributed by atoms with Crippen molar-refractivity contribution in [3.63, 3.8) is 0 Å². The molecule has 0 atom stereocenters. The Balaban J connectivity index is 1.81. The molecule has 0 spiro atoms. The van der Waals surface area contributed by atoms with Gasteiger partial charge in [0.05, 0.1) is 27.0 Å². The highest BCUT2D eigenvalue weighted by atomic mass is 16.5. The molecular weight excluding hydrogens is 342 g/mol. The topological polar surface area (TPSA) is 56.6 Å². The Morgan fingerprint density at radius 1 is 1.04 bits per heavy atom. The van der Waals surface area contributed by atoms with Crippen LogP contribution < -0.4 is 14.4 Å². The fourth-order valence-electron chi connectivity index (χ4n) is 3.50. The molecule has 138 valence electrons. The van der Waals surface area contributed by atoms with Gasteiger partial charge < -0.3 is 14.4 Å². The Labute approximate surface area is 157 Å². The first-order valence-electron chi connectivity index (χ1n) is 8.73. The molecule has 0 radical (unpaired) electrons. The number of carbonyl (C=O) groups is 1. The first-order valence-corrected chi connectivity index (χ1v) is 8.73. The minimum absolute atomic E-state index is 0.101. The Hall–Kier alpha value is -3.28. The van der Waals surface area contributed by atoms with Gasteiger partial charge in [-0.2, -0.15) is 5.10 Å². The molecule has 0 bridgehead atoms. The second-order valence-corrected chi connectivity index (χ2v) is 6.54. The lowest BCUT2D eigenvalue weighted by Gasteiger charge is -2.23. The molecule has 6 heteroatoms. The molecular formula is C21H21N3O3. The second-order valence-electron chi connectivity index (χ2n) is 6.54. The zero-order chi connectivity index (χ0) is 19.0. The van der Waals surface area contributed by atoms with Gasteiger partial charge in [0, 0.05) is 42.0 Å². The van der Waals surface area contributed by atoms with Gasteiger partial charge in [-0.05, 0) is 23.8 Å². The number of aromatic nitrogens is 2. The summed E-state index contributed by atoms with van der Waals surface area (Å²) in [6, 6.07) is 13.2. The average molecular weight is 363 g/mol. The highest BCUT2D eigenvalue weighted by Gasteiger charge is 2.27. The fraction of sp³-hybridized carbons (Fsp3) is 0.238. The van der Waals surface area contributed by atoms with Gasteiger partial charge in [-0.25, -0.2) is 0 Å². The van der Waals surface area contributed by atoms with Crippen LogP contribution in [0.4, 0.5) is 5.69 Å². The molecule has 1 aliphatic rings. The number of methoxy groups -OCH3 is 2. The van der Waals surface area contributed by atoms with Crippen LogP contribution in [0.2, 0.25) is 0 Å². The molecule has 0 unspecified atom stereocenters. The van der Waals surface area contributed by atoms with E-state index in [1.54, 1.807) is 37.3 Å². The number of fused-ring (bicyclic) bond motifs is 2. The summed E-state index contributed by atoms with van der Waals surface area (Å²) in [5.74, 6) is 1.07. The van der Waals surface area contributed by atoms with E-state index in [1.165, 1.54) is 0 Å². The van der Waals surface area contributed by atoms with E-state index in [2.05, 4.69) is 11.2 Å². The number of aryl methyl sites for hydroxylation is 1. The van der Waals surface area contributed by atoms with E-state index < -0.39 is 0 Å². The molecule has 0 saturated carbocycles. The number of ether oxygens (including phenoxy) is 2. The van der Waals surface area contributed by atoms with Gasteiger partial charge in [0.1, 0.15) is 11.5 Å². The van der Waals surface area contributed by atoms with Crippen LogP contribution in [0.5, 0.6) is 11.5 Å². The molecule has 2 heterocycles. The zero-order valence-electron chi connectivity index (χ0n) is 15.6. The number of rotatable bonds is 3. The molecule has 6 nitrogen and oxygen atoms in total. The Bertz CT molecular complexity index is 987. The maximum absolute atomic E-state index is 13.5. The number of nitrogens with zero attached hydrogens (tertiary/aromatic N) is 3. The van der Waals surface area contributed by atoms with Gasteiger partial charge in [-0.1, -0.05) is 18.2 Å². The summed E-state index contributed by atoms with van der Waals surface area (Å²) < 4.78 is 12.5. The van der Waals surface area contributed by atoms with Crippen molar-refractivity contribution in [2.24, 2.45) is 7.05 Å². The Morgan fingerprint density at radius 2 is 1.74 bits per heavy atom. The third-order valence-corrected chi connectivity index (χ3v) is 4.96. The van der Waals surface area contributed by atoms with E-state index in [1.807, 2.05) is 36.1 Å². The minimum atomic E-state index is -0.101. The van der Waals surface area contributed by atoms with Crippen LogP contribution in [0.25, 0.3) is 0 Å². The SMILES string of the molecule is COc1cc(OC)cc(C(=O)N2Cc3cnn(C)c3Cc3ccccc32)c1.